The minimum atomic E-state index is 0.880. The average molecular weight is 222 g/mol. The highest BCUT2D eigenvalue weighted by Gasteiger charge is 2.15. The first-order valence-corrected chi connectivity index (χ1v) is 6.68. The predicted molar refractivity (Wildman–Crippen MR) is 67.3 cm³/mol. The van der Waals surface area contributed by atoms with Crippen molar-refractivity contribution >= 4 is 17.6 Å². The van der Waals surface area contributed by atoms with E-state index in [0.717, 1.165) is 16.8 Å². The lowest BCUT2D eigenvalue weighted by Crippen LogP contribution is -1.98. The summed E-state index contributed by atoms with van der Waals surface area (Å²) in [6.07, 6.45) is 5.63. The number of anilines is 1. The van der Waals surface area contributed by atoms with Crippen LogP contribution in [0, 0.1) is 0 Å². The molecule has 82 valence electrons. The van der Waals surface area contributed by atoms with Gasteiger partial charge in [-0.2, -0.15) is 11.8 Å². The minimum absolute atomic E-state index is 0.880. The zero-order chi connectivity index (χ0) is 10.5. The molecule has 0 aliphatic heterocycles. The molecular formula is C12H18N2S. The Morgan fingerprint density at radius 3 is 2.93 bits per heavy atom. The van der Waals surface area contributed by atoms with E-state index in [4.69, 9.17) is 0 Å². The monoisotopic (exact) mass is 222 g/mol. The van der Waals surface area contributed by atoms with Crippen LogP contribution < -0.4 is 5.32 Å². The van der Waals surface area contributed by atoms with Crippen LogP contribution >= 0.6 is 11.8 Å². The largest absolute Gasteiger partial charge is 0.373 e. The van der Waals surface area contributed by atoms with Gasteiger partial charge in [-0.1, -0.05) is 18.9 Å². The van der Waals surface area contributed by atoms with Crippen LogP contribution in [0.5, 0.6) is 0 Å². The predicted octanol–water partition coefficient (Wildman–Crippen LogP) is 3.30. The molecule has 0 spiro atoms. The first-order valence-electron chi connectivity index (χ1n) is 5.64. The van der Waals surface area contributed by atoms with E-state index in [9.17, 15) is 0 Å². The summed E-state index contributed by atoms with van der Waals surface area (Å²) in [6.45, 7) is 0. The van der Waals surface area contributed by atoms with Gasteiger partial charge in [0, 0.05) is 18.1 Å². The molecule has 1 aliphatic carbocycles. The van der Waals surface area contributed by atoms with Crippen molar-refractivity contribution in [1.29, 1.82) is 0 Å². The van der Waals surface area contributed by atoms with Crippen LogP contribution in [0.4, 0.5) is 5.82 Å². The number of thioether (sulfide) groups is 1. The second-order valence-corrected chi connectivity index (χ2v) is 5.27. The standard InChI is InChI=1S/C12H18N2S/c1-13-12-8-4-5-10(14-12)9-15-11-6-2-3-7-11/h4-5,8,11H,2-3,6-7,9H2,1H3,(H,13,14). The number of pyridine rings is 1. The lowest BCUT2D eigenvalue weighted by molar-refractivity contribution is 0.886. The Bertz CT molecular complexity index is 308. The van der Waals surface area contributed by atoms with Crippen molar-refractivity contribution in [2.24, 2.45) is 0 Å². The molecule has 1 aromatic heterocycles. The summed E-state index contributed by atoms with van der Waals surface area (Å²) in [5.41, 5.74) is 1.19. The Morgan fingerprint density at radius 2 is 2.20 bits per heavy atom. The van der Waals surface area contributed by atoms with Gasteiger partial charge in [-0.15, -0.1) is 0 Å². The van der Waals surface area contributed by atoms with Crippen LogP contribution in [0.25, 0.3) is 0 Å². The van der Waals surface area contributed by atoms with Gasteiger partial charge in [-0.05, 0) is 25.0 Å². The molecule has 1 aliphatic rings. The van der Waals surface area contributed by atoms with Crippen molar-refractivity contribution in [2.75, 3.05) is 12.4 Å². The highest BCUT2D eigenvalue weighted by atomic mass is 32.2. The van der Waals surface area contributed by atoms with Crippen molar-refractivity contribution < 1.29 is 0 Å². The van der Waals surface area contributed by atoms with E-state index in [1.165, 1.54) is 31.4 Å². The zero-order valence-electron chi connectivity index (χ0n) is 9.20. The molecule has 1 fully saturated rings. The zero-order valence-corrected chi connectivity index (χ0v) is 10.0. The highest BCUT2D eigenvalue weighted by molar-refractivity contribution is 7.99. The molecular weight excluding hydrogens is 204 g/mol. The van der Waals surface area contributed by atoms with Crippen LogP contribution in [0.15, 0.2) is 18.2 Å². The number of aromatic nitrogens is 1. The van der Waals surface area contributed by atoms with E-state index in [-0.39, 0.29) is 0 Å². The van der Waals surface area contributed by atoms with Crippen LogP contribution in [0.2, 0.25) is 0 Å². The maximum Gasteiger partial charge on any atom is 0.125 e. The highest BCUT2D eigenvalue weighted by Crippen LogP contribution is 2.31. The third-order valence-electron chi connectivity index (χ3n) is 2.83. The molecule has 0 atom stereocenters. The average Bonchev–Trinajstić information content (AvgIpc) is 2.79. The summed E-state index contributed by atoms with van der Waals surface area (Å²) in [6, 6.07) is 6.19. The normalized spacial score (nSPS) is 16.9. The first-order chi connectivity index (χ1) is 7.38. The SMILES string of the molecule is CNc1cccc(CSC2CCCC2)n1. The Morgan fingerprint density at radius 1 is 1.40 bits per heavy atom. The number of hydrogen-bond donors (Lipinski definition) is 1. The smallest absolute Gasteiger partial charge is 0.125 e. The van der Waals surface area contributed by atoms with Crippen LogP contribution in [0.3, 0.4) is 0 Å². The van der Waals surface area contributed by atoms with Gasteiger partial charge in [0.2, 0.25) is 0 Å². The third kappa shape index (κ3) is 3.13. The van der Waals surface area contributed by atoms with E-state index >= 15 is 0 Å². The minimum Gasteiger partial charge on any atom is -0.373 e. The Hall–Kier alpha value is -0.700. The van der Waals surface area contributed by atoms with E-state index in [1.54, 1.807) is 0 Å². The Kier molecular flexibility index (Phi) is 3.89. The van der Waals surface area contributed by atoms with Crippen LogP contribution in [0.1, 0.15) is 31.4 Å². The fourth-order valence-electron chi connectivity index (χ4n) is 1.96. The van der Waals surface area contributed by atoms with Gasteiger partial charge in [-0.25, -0.2) is 4.98 Å². The third-order valence-corrected chi connectivity index (χ3v) is 4.24. The van der Waals surface area contributed by atoms with Crippen molar-refractivity contribution in [3.8, 4) is 0 Å². The Labute approximate surface area is 95.9 Å². The maximum atomic E-state index is 4.52. The summed E-state index contributed by atoms with van der Waals surface area (Å²) >= 11 is 2.07. The molecule has 1 saturated carbocycles. The van der Waals surface area contributed by atoms with Crippen molar-refractivity contribution in [2.45, 2.75) is 36.7 Å². The van der Waals surface area contributed by atoms with Crippen LogP contribution in [-0.2, 0) is 5.75 Å². The van der Waals surface area contributed by atoms with Gasteiger partial charge < -0.3 is 5.32 Å². The van der Waals surface area contributed by atoms with E-state index < -0.39 is 0 Å². The fourth-order valence-corrected chi connectivity index (χ4v) is 3.19. The molecule has 0 saturated heterocycles. The lowest BCUT2D eigenvalue weighted by Gasteiger charge is -2.08. The fraction of sp³-hybridized carbons (Fsp3) is 0.583. The van der Waals surface area contributed by atoms with Crippen molar-refractivity contribution in [1.82, 2.24) is 4.98 Å². The molecule has 0 bridgehead atoms. The van der Waals surface area contributed by atoms with Crippen molar-refractivity contribution in [3.63, 3.8) is 0 Å². The second kappa shape index (κ2) is 5.40. The molecule has 1 aromatic rings. The Balaban J connectivity index is 1.86. The van der Waals surface area contributed by atoms with E-state index in [0.29, 0.717) is 0 Å². The molecule has 15 heavy (non-hydrogen) atoms. The molecule has 2 rings (SSSR count). The topological polar surface area (TPSA) is 24.9 Å². The van der Waals surface area contributed by atoms with E-state index in [1.807, 2.05) is 13.1 Å². The maximum absolute atomic E-state index is 4.52. The number of nitrogens with zero attached hydrogens (tertiary/aromatic N) is 1. The lowest BCUT2D eigenvalue weighted by atomic mass is 10.4. The molecule has 1 heterocycles. The molecule has 3 heteroatoms. The summed E-state index contributed by atoms with van der Waals surface area (Å²) in [5, 5.41) is 3.95. The van der Waals surface area contributed by atoms with Crippen molar-refractivity contribution in [3.05, 3.63) is 23.9 Å². The first kappa shape index (κ1) is 10.8. The second-order valence-electron chi connectivity index (χ2n) is 3.98. The van der Waals surface area contributed by atoms with Gasteiger partial charge in [-0.3, -0.25) is 0 Å². The summed E-state index contributed by atoms with van der Waals surface area (Å²) in [7, 11) is 1.91. The molecule has 2 nitrogen and oxygen atoms in total. The van der Waals surface area contributed by atoms with Gasteiger partial charge in [0.05, 0.1) is 5.69 Å². The number of rotatable bonds is 4. The summed E-state index contributed by atoms with van der Waals surface area (Å²) in [4.78, 5) is 4.52. The summed E-state index contributed by atoms with van der Waals surface area (Å²) < 4.78 is 0. The van der Waals surface area contributed by atoms with E-state index in [2.05, 4.69) is 34.2 Å². The molecule has 0 aromatic carbocycles. The van der Waals surface area contributed by atoms with Gasteiger partial charge in [0.1, 0.15) is 5.82 Å². The number of nitrogens with one attached hydrogen (secondary N) is 1. The van der Waals surface area contributed by atoms with Gasteiger partial charge >= 0.3 is 0 Å². The molecule has 1 N–H and O–H groups in total. The molecule has 0 unspecified atom stereocenters. The molecule has 0 amide bonds. The van der Waals surface area contributed by atoms with Gasteiger partial charge in [0.25, 0.3) is 0 Å². The van der Waals surface area contributed by atoms with Gasteiger partial charge in [0.15, 0.2) is 0 Å². The number of hydrogen-bond acceptors (Lipinski definition) is 3. The summed E-state index contributed by atoms with van der Waals surface area (Å²) in [5.74, 6) is 2.03. The quantitative estimate of drug-likeness (QED) is 0.846. The molecule has 0 radical (unpaired) electrons. The van der Waals surface area contributed by atoms with Crippen LogP contribution in [-0.4, -0.2) is 17.3 Å².